The predicted octanol–water partition coefficient (Wildman–Crippen LogP) is 0.733. The van der Waals surface area contributed by atoms with Gasteiger partial charge in [0, 0.05) is 12.6 Å². The Labute approximate surface area is 93.9 Å². The molecule has 0 unspecified atom stereocenters. The lowest BCUT2D eigenvalue weighted by atomic mass is 9.87. The van der Waals surface area contributed by atoms with E-state index < -0.39 is 0 Å². The summed E-state index contributed by atoms with van der Waals surface area (Å²) in [6.07, 6.45) is 5.37. The number of nitrogens with one attached hydrogen (secondary N) is 2. The fraction of sp³-hybridized carbons (Fsp3) is 0.636. The molecule has 0 bridgehead atoms. The van der Waals surface area contributed by atoms with Gasteiger partial charge in [0.15, 0.2) is 0 Å². The molecule has 0 spiro atoms. The number of H-pyrrole nitrogens is 1. The van der Waals surface area contributed by atoms with E-state index in [1.165, 1.54) is 6.07 Å². The summed E-state index contributed by atoms with van der Waals surface area (Å²) in [5.41, 5.74) is 0.568. The van der Waals surface area contributed by atoms with E-state index in [0.29, 0.717) is 5.92 Å². The lowest BCUT2D eigenvalue weighted by Crippen LogP contribution is -2.24. The number of aromatic amines is 1. The van der Waals surface area contributed by atoms with Gasteiger partial charge in [0.05, 0.1) is 18.0 Å². The van der Waals surface area contributed by atoms with Gasteiger partial charge in [-0.05, 0) is 31.6 Å². The molecule has 0 saturated heterocycles. The topological polar surface area (TPSA) is 78.0 Å². The quantitative estimate of drug-likeness (QED) is 0.706. The van der Waals surface area contributed by atoms with E-state index in [0.717, 1.165) is 37.9 Å². The fourth-order valence-electron chi connectivity index (χ4n) is 2.08. The second kappa shape index (κ2) is 5.12. The maximum atomic E-state index is 11.0. The molecule has 2 rings (SSSR count). The second-order valence-electron chi connectivity index (χ2n) is 4.39. The van der Waals surface area contributed by atoms with E-state index in [9.17, 15) is 9.90 Å². The van der Waals surface area contributed by atoms with E-state index in [4.69, 9.17) is 0 Å². The molecule has 1 aromatic heterocycles. The molecule has 3 N–H and O–H groups in total. The fourth-order valence-corrected chi connectivity index (χ4v) is 2.08. The Morgan fingerprint density at radius 1 is 1.44 bits per heavy atom. The van der Waals surface area contributed by atoms with Crippen LogP contribution in [0.5, 0.6) is 0 Å². The van der Waals surface area contributed by atoms with Crippen molar-refractivity contribution < 1.29 is 5.11 Å². The summed E-state index contributed by atoms with van der Waals surface area (Å²) in [4.78, 5) is 11.0. The van der Waals surface area contributed by atoms with Crippen LogP contribution in [0, 0.1) is 5.92 Å². The zero-order valence-corrected chi connectivity index (χ0v) is 9.15. The Hall–Kier alpha value is -1.36. The molecule has 0 amide bonds. The van der Waals surface area contributed by atoms with Gasteiger partial charge in [-0.3, -0.25) is 4.79 Å². The number of rotatable bonds is 3. The van der Waals surface area contributed by atoms with E-state index in [-0.39, 0.29) is 11.7 Å². The Morgan fingerprint density at radius 2 is 2.19 bits per heavy atom. The van der Waals surface area contributed by atoms with Crippen molar-refractivity contribution in [3.63, 3.8) is 0 Å². The normalized spacial score (nSPS) is 25.3. The maximum Gasteiger partial charge on any atom is 0.266 e. The molecule has 1 aliphatic rings. The van der Waals surface area contributed by atoms with Gasteiger partial charge >= 0.3 is 0 Å². The van der Waals surface area contributed by atoms with Crippen molar-refractivity contribution in [3.8, 4) is 0 Å². The number of anilines is 1. The number of aromatic nitrogens is 2. The average Bonchev–Trinajstić information content (AvgIpc) is 2.28. The second-order valence-corrected chi connectivity index (χ2v) is 4.39. The Bertz CT molecular complexity index is 383. The van der Waals surface area contributed by atoms with Crippen LogP contribution >= 0.6 is 0 Å². The number of hydrogen-bond donors (Lipinski definition) is 3. The van der Waals surface area contributed by atoms with Crippen LogP contribution < -0.4 is 10.9 Å². The standard InChI is InChI=1S/C11H17N3O2/c15-10-3-1-8(2-4-10)6-12-9-5-11(16)14-13-7-9/h5,7-8,10,15H,1-4,6H2,(H2,12,14,16). The van der Waals surface area contributed by atoms with Crippen LogP contribution in [-0.2, 0) is 0 Å². The van der Waals surface area contributed by atoms with Gasteiger partial charge in [-0.25, -0.2) is 5.10 Å². The lowest BCUT2D eigenvalue weighted by molar-refractivity contribution is 0.111. The molecule has 1 aliphatic carbocycles. The van der Waals surface area contributed by atoms with Crippen LogP contribution in [0.4, 0.5) is 5.69 Å². The number of hydrogen-bond acceptors (Lipinski definition) is 4. The van der Waals surface area contributed by atoms with Crippen molar-refractivity contribution in [1.29, 1.82) is 0 Å². The van der Waals surface area contributed by atoms with Gasteiger partial charge in [-0.15, -0.1) is 0 Å². The summed E-state index contributed by atoms with van der Waals surface area (Å²) < 4.78 is 0. The van der Waals surface area contributed by atoms with Crippen molar-refractivity contribution in [3.05, 3.63) is 22.6 Å². The molecule has 0 aliphatic heterocycles. The first-order valence-electron chi connectivity index (χ1n) is 5.70. The van der Waals surface area contributed by atoms with E-state index >= 15 is 0 Å². The number of nitrogens with zero attached hydrogens (tertiary/aromatic N) is 1. The highest BCUT2D eigenvalue weighted by molar-refractivity contribution is 5.38. The largest absolute Gasteiger partial charge is 0.393 e. The summed E-state index contributed by atoms with van der Waals surface area (Å²) >= 11 is 0. The van der Waals surface area contributed by atoms with E-state index in [1.54, 1.807) is 6.20 Å². The Morgan fingerprint density at radius 3 is 2.88 bits per heavy atom. The lowest BCUT2D eigenvalue weighted by Gasteiger charge is -2.25. The minimum Gasteiger partial charge on any atom is -0.393 e. The van der Waals surface area contributed by atoms with Gasteiger partial charge in [-0.1, -0.05) is 0 Å². The average molecular weight is 223 g/mol. The molecule has 0 atom stereocenters. The first-order valence-corrected chi connectivity index (χ1v) is 5.70. The van der Waals surface area contributed by atoms with Crippen molar-refractivity contribution >= 4 is 5.69 Å². The van der Waals surface area contributed by atoms with Crippen molar-refractivity contribution in [2.45, 2.75) is 31.8 Å². The molecule has 88 valence electrons. The molecule has 5 heteroatoms. The summed E-state index contributed by atoms with van der Waals surface area (Å²) in [5.74, 6) is 0.586. The van der Waals surface area contributed by atoms with Crippen molar-refractivity contribution in [2.24, 2.45) is 5.92 Å². The molecule has 1 heterocycles. The third-order valence-corrected chi connectivity index (χ3v) is 3.08. The van der Waals surface area contributed by atoms with E-state index in [1.807, 2.05) is 0 Å². The van der Waals surface area contributed by atoms with Crippen LogP contribution in [0.2, 0.25) is 0 Å². The summed E-state index contributed by atoms with van der Waals surface area (Å²) in [6.45, 7) is 0.845. The highest BCUT2D eigenvalue weighted by Crippen LogP contribution is 2.24. The predicted molar refractivity (Wildman–Crippen MR) is 61.3 cm³/mol. The SMILES string of the molecule is O=c1cc(NCC2CCC(O)CC2)cn[nH]1. The minimum atomic E-state index is -0.191. The summed E-state index contributed by atoms with van der Waals surface area (Å²) in [6, 6.07) is 1.50. The molecular formula is C11H17N3O2. The number of aliphatic hydroxyl groups is 1. The van der Waals surface area contributed by atoms with Gasteiger partial charge in [0.25, 0.3) is 5.56 Å². The highest BCUT2D eigenvalue weighted by Gasteiger charge is 2.18. The monoisotopic (exact) mass is 223 g/mol. The summed E-state index contributed by atoms with van der Waals surface area (Å²) in [7, 11) is 0. The van der Waals surface area contributed by atoms with Crippen molar-refractivity contribution in [1.82, 2.24) is 10.2 Å². The first kappa shape index (κ1) is 11.1. The minimum absolute atomic E-state index is 0.113. The van der Waals surface area contributed by atoms with Gasteiger partial charge in [0.2, 0.25) is 0 Å². The number of aliphatic hydroxyl groups excluding tert-OH is 1. The molecule has 1 fully saturated rings. The van der Waals surface area contributed by atoms with Gasteiger partial charge in [-0.2, -0.15) is 5.10 Å². The molecule has 0 aromatic carbocycles. The smallest absolute Gasteiger partial charge is 0.266 e. The Balaban J connectivity index is 1.81. The molecule has 0 radical (unpaired) electrons. The summed E-state index contributed by atoms with van der Waals surface area (Å²) in [5, 5.41) is 18.6. The Kier molecular flexibility index (Phi) is 3.56. The van der Waals surface area contributed by atoms with Crippen LogP contribution in [0.3, 0.4) is 0 Å². The molecular weight excluding hydrogens is 206 g/mol. The molecule has 5 nitrogen and oxygen atoms in total. The maximum absolute atomic E-state index is 11.0. The van der Waals surface area contributed by atoms with Gasteiger partial charge < -0.3 is 10.4 Å². The third-order valence-electron chi connectivity index (χ3n) is 3.08. The molecule has 1 aromatic rings. The van der Waals surface area contributed by atoms with Crippen LogP contribution in [0.15, 0.2) is 17.1 Å². The van der Waals surface area contributed by atoms with Crippen LogP contribution in [0.25, 0.3) is 0 Å². The molecule has 16 heavy (non-hydrogen) atoms. The third kappa shape index (κ3) is 3.06. The van der Waals surface area contributed by atoms with Crippen LogP contribution in [-0.4, -0.2) is 28.0 Å². The zero-order chi connectivity index (χ0) is 11.4. The zero-order valence-electron chi connectivity index (χ0n) is 9.15. The van der Waals surface area contributed by atoms with Crippen LogP contribution in [0.1, 0.15) is 25.7 Å². The highest BCUT2D eigenvalue weighted by atomic mass is 16.3. The van der Waals surface area contributed by atoms with Gasteiger partial charge in [0.1, 0.15) is 0 Å². The first-order chi connectivity index (χ1) is 7.74. The molecule has 1 saturated carbocycles. The van der Waals surface area contributed by atoms with Crippen molar-refractivity contribution in [2.75, 3.05) is 11.9 Å². The van der Waals surface area contributed by atoms with E-state index in [2.05, 4.69) is 15.5 Å².